The third kappa shape index (κ3) is 8.55. The van der Waals surface area contributed by atoms with Crippen LogP contribution < -0.4 is 5.32 Å². The van der Waals surface area contributed by atoms with Crippen LogP contribution in [0.4, 0.5) is 0 Å². The lowest BCUT2D eigenvalue weighted by molar-refractivity contribution is 0.102. The van der Waals surface area contributed by atoms with Crippen LogP contribution in [0, 0.1) is 0 Å². The maximum absolute atomic E-state index is 5.19. The van der Waals surface area contributed by atoms with Crippen molar-refractivity contribution in [3.05, 3.63) is 0 Å². The predicted octanol–water partition coefficient (Wildman–Crippen LogP) is 1.36. The molecule has 0 bridgehead atoms. The van der Waals surface area contributed by atoms with E-state index in [4.69, 9.17) is 9.47 Å². The van der Waals surface area contributed by atoms with E-state index in [2.05, 4.69) is 17.1 Å². The molecule has 1 atom stereocenters. The number of ether oxygens (including phenoxy) is 2. The molecule has 0 saturated heterocycles. The Hall–Kier alpha value is -0.160. The molecular weight excluding hydrogens is 216 g/mol. The Morgan fingerprint density at radius 3 is 2.35 bits per heavy atom. The Bertz CT molecular complexity index is 150. The molecule has 0 spiro atoms. The first-order valence-corrected chi connectivity index (χ1v) is 6.66. The van der Waals surface area contributed by atoms with E-state index in [1.165, 1.54) is 12.8 Å². The van der Waals surface area contributed by atoms with Gasteiger partial charge < -0.3 is 14.8 Å². The van der Waals surface area contributed by atoms with E-state index in [1.807, 2.05) is 7.05 Å². The molecule has 0 fully saturated rings. The summed E-state index contributed by atoms with van der Waals surface area (Å²) in [5.41, 5.74) is 0. The molecule has 0 aliphatic carbocycles. The van der Waals surface area contributed by atoms with Crippen molar-refractivity contribution in [2.45, 2.75) is 32.2 Å². The highest BCUT2D eigenvalue weighted by atomic mass is 16.5. The second kappa shape index (κ2) is 12.3. The van der Waals surface area contributed by atoms with E-state index >= 15 is 0 Å². The number of nitrogens with zero attached hydrogens (tertiary/aromatic N) is 1. The summed E-state index contributed by atoms with van der Waals surface area (Å²) in [6.07, 6.45) is 3.54. The molecule has 0 aromatic heterocycles. The smallest absolute Gasteiger partial charge is 0.0589 e. The first-order chi connectivity index (χ1) is 8.29. The lowest BCUT2D eigenvalue weighted by Crippen LogP contribution is -2.44. The van der Waals surface area contributed by atoms with Crippen LogP contribution in [0.5, 0.6) is 0 Å². The van der Waals surface area contributed by atoms with Gasteiger partial charge in [-0.15, -0.1) is 0 Å². The fourth-order valence-electron chi connectivity index (χ4n) is 2.08. The van der Waals surface area contributed by atoms with E-state index < -0.39 is 0 Å². The molecule has 0 aromatic carbocycles. The Balaban J connectivity index is 4.15. The van der Waals surface area contributed by atoms with Gasteiger partial charge in [0.05, 0.1) is 6.61 Å². The van der Waals surface area contributed by atoms with Crippen molar-refractivity contribution >= 4 is 0 Å². The van der Waals surface area contributed by atoms with Crippen LogP contribution in [0.2, 0.25) is 0 Å². The van der Waals surface area contributed by atoms with Crippen molar-refractivity contribution in [2.24, 2.45) is 0 Å². The molecule has 0 rings (SSSR count). The number of rotatable bonds is 12. The molecule has 1 unspecified atom stereocenters. The molecule has 104 valence electrons. The maximum Gasteiger partial charge on any atom is 0.0589 e. The molecule has 0 saturated carbocycles. The minimum Gasteiger partial charge on any atom is -0.385 e. The van der Waals surface area contributed by atoms with Crippen LogP contribution in [0.15, 0.2) is 0 Å². The Kier molecular flexibility index (Phi) is 12.2. The fraction of sp³-hybridized carbons (Fsp3) is 1.00. The third-order valence-corrected chi connectivity index (χ3v) is 2.95. The molecule has 17 heavy (non-hydrogen) atoms. The number of likely N-dealkylation sites (N-methyl/N-ethyl adjacent to an activating group) is 1. The van der Waals surface area contributed by atoms with Crippen LogP contribution in [-0.2, 0) is 9.47 Å². The number of methoxy groups -OCH3 is 2. The summed E-state index contributed by atoms with van der Waals surface area (Å²) in [6, 6.07) is 0.608. The van der Waals surface area contributed by atoms with Gasteiger partial charge in [-0.05, 0) is 19.9 Å². The summed E-state index contributed by atoms with van der Waals surface area (Å²) < 4.78 is 10.3. The third-order valence-electron chi connectivity index (χ3n) is 2.95. The van der Waals surface area contributed by atoms with E-state index in [0.717, 1.165) is 39.3 Å². The molecule has 0 aromatic rings. The summed E-state index contributed by atoms with van der Waals surface area (Å²) in [5, 5.41) is 3.29. The number of hydrogen-bond acceptors (Lipinski definition) is 4. The van der Waals surface area contributed by atoms with E-state index in [-0.39, 0.29) is 0 Å². The van der Waals surface area contributed by atoms with Crippen molar-refractivity contribution < 1.29 is 9.47 Å². The van der Waals surface area contributed by atoms with Gasteiger partial charge in [0.1, 0.15) is 0 Å². The van der Waals surface area contributed by atoms with Crippen LogP contribution in [-0.4, -0.2) is 65.1 Å². The topological polar surface area (TPSA) is 33.7 Å². The lowest BCUT2D eigenvalue weighted by atomic mass is 10.1. The molecule has 0 amide bonds. The number of nitrogens with one attached hydrogen (secondary N) is 1. The van der Waals surface area contributed by atoms with Crippen molar-refractivity contribution in [3.8, 4) is 0 Å². The minimum absolute atomic E-state index is 0.608. The van der Waals surface area contributed by atoms with Gasteiger partial charge >= 0.3 is 0 Å². The van der Waals surface area contributed by atoms with Crippen molar-refractivity contribution in [2.75, 3.05) is 54.1 Å². The molecule has 0 aliphatic rings. The normalized spacial score (nSPS) is 13.2. The average molecular weight is 246 g/mol. The molecule has 0 aliphatic heterocycles. The predicted molar refractivity (Wildman–Crippen MR) is 72.6 cm³/mol. The highest BCUT2D eigenvalue weighted by Crippen LogP contribution is 2.07. The number of hydrogen-bond donors (Lipinski definition) is 1. The highest BCUT2D eigenvalue weighted by molar-refractivity contribution is 4.73. The molecule has 4 heteroatoms. The molecular formula is C13H30N2O2. The lowest BCUT2D eigenvalue weighted by Gasteiger charge is -2.31. The zero-order valence-electron chi connectivity index (χ0n) is 12.0. The summed E-state index contributed by atoms with van der Waals surface area (Å²) in [6.45, 7) is 7.02. The maximum atomic E-state index is 5.19. The Morgan fingerprint density at radius 1 is 1.12 bits per heavy atom. The van der Waals surface area contributed by atoms with Crippen LogP contribution in [0.25, 0.3) is 0 Å². The summed E-state index contributed by atoms with van der Waals surface area (Å²) in [5.74, 6) is 0. The van der Waals surface area contributed by atoms with E-state index in [9.17, 15) is 0 Å². The highest BCUT2D eigenvalue weighted by Gasteiger charge is 2.16. The van der Waals surface area contributed by atoms with Gasteiger partial charge in [0.25, 0.3) is 0 Å². The largest absolute Gasteiger partial charge is 0.385 e. The van der Waals surface area contributed by atoms with Gasteiger partial charge in [-0.1, -0.05) is 13.3 Å². The molecule has 0 radical (unpaired) electrons. The summed E-state index contributed by atoms with van der Waals surface area (Å²) in [4.78, 5) is 2.52. The van der Waals surface area contributed by atoms with Crippen molar-refractivity contribution in [3.63, 3.8) is 0 Å². The van der Waals surface area contributed by atoms with E-state index in [0.29, 0.717) is 6.04 Å². The quantitative estimate of drug-likeness (QED) is 0.527. The van der Waals surface area contributed by atoms with Gasteiger partial charge in [-0.2, -0.15) is 0 Å². The van der Waals surface area contributed by atoms with Gasteiger partial charge in [-0.25, -0.2) is 0 Å². The van der Waals surface area contributed by atoms with Crippen LogP contribution >= 0.6 is 0 Å². The molecule has 4 nitrogen and oxygen atoms in total. The SMILES string of the molecule is CCCC(CNC)N(CCCOC)CCOC. The average Bonchev–Trinajstić information content (AvgIpc) is 2.33. The van der Waals surface area contributed by atoms with Gasteiger partial charge in [0, 0.05) is 46.5 Å². The van der Waals surface area contributed by atoms with Crippen molar-refractivity contribution in [1.82, 2.24) is 10.2 Å². The standard InChI is InChI=1S/C13H30N2O2/c1-5-7-13(12-14-2)15(9-11-17-4)8-6-10-16-3/h13-14H,5-12H2,1-4H3. The van der Waals surface area contributed by atoms with Gasteiger partial charge in [0.2, 0.25) is 0 Å². The zero-order valence-corrected chi connectivity index (χ0v) is 12.0. The van der Waals surface area contributed by atoms with Crippen molar-refractivity contribution in [1.29, 1.82) is 0 Å². The van der Waals surface area contributed by atoms with Gasteiger partial charge in [0.15, 0.2) is 0 Å². The van der Waals surface area contributed by atoms with E-state index in [1.54, 1.807) is 14.2 Å². The monoisotopic (exact) mass is 246 g/mol. The Morgan fingerprint density at radius 2 is 1.82 bits per heavy atom. The summed E-state index contributed by atoms with van der Waals surface area (Å²) >= 11 is 0. The first-order valence-electron chi connectivity index (χ1n) is 6.66. The molecule has 1 N–H and O–H groups in total. The summed E-state index contributed by atoms with van der Waals surface area (Å²) in [7, 11) is 5.54. The molecule has 0 heterocycles. The fourth-order valence-corrected chi connectivity index (χ4v) is 2.08. The zero-order chi connectivity index (χ0) is 12.9. The van der Waals surface area contributed by atoms with Crippen LogP contribution in [0.3, 0.4) is 0 Å². The second-order valence-electron chi connectivity index (χ2n) is 4.38. The van der Waals surface area contributed by atoms with Crippen LogP contribution in [0.1, 0.15) is 26.2 Å². The Labute approximate surface area is 107 Å². The van der Waals surface area contributed by atoms with Gasteiger partial charge in [-0.3, -0.25) is 4.90 Å². The minimum atomic E-state index is 0.608. The second-order valence-corrected chi connectivity index (χ2v) is 4.38. The first kappa shape index (κ1) is 16.8.